The molecule has 0 heterocycles. The fourth-order valence-electron chi connectivity index (χ4n) is 5.47. The molecule has 2 bridgehead atoms. The van der Waals surface area contributed by atoms with Crippen LogP contribution in [0.4, 0.5) is 0 Å². The molecule has 3 unspecified atom stereocenters. The fraction of sp³-hybridized carbons (Fsp3) is 1.00. The van der Waals surface area contributed by atoms with Gasteiger partial charge < -0.3 is 5.32 Å². The summed E-state index contributed by atoms with van der Waals surface area (Å²) in [6.45, 7) is 4.82. The summed E-state index contributed by atoms with van der Waals surface area (Å²) in [5.41, 5.74) is 0.683. The lowest BCUT2D eigenvalue weighted by atomic mass is 9.66. The molecule has 3 saturated carbocycles. The third-order valence-corrected chi connectivity index (χ3v) is 6.42. The Hall–Kier alpha value is -0.0400. The van der Waals surface area contributed by atoms with Crippen LogP contribution in [0.1, 0.15) is 77.6 Å². The zero-order chi connectivity index (χ0) is 13.1. The van der Waals surface area contributed by atoms with Crippen molar-refractivity contribution < 1.29 is 0 Å². The maximum absolute atomic E-state index is 3.76. The van der Waals surface area contributed by atoms with Crippen molar-refractivity contribution in [3.05, 3.63) is 0 Å². The van der Waals surface area contributed by atoms with Crippen molar-refractivity contribution in [1.29, 1.82) is 0 Å². The number of rotatable bonds is 6. The van der Waals surface area contributed by atoms with Crippen molar-refractivity contribution in [2.24, 2.45) is 23.2 Å². The smallest absolute Gasteiger partial charge is 0.000791 e. The molecule has 3 aliphatic carbocycles. The molecule has 19 heavy (non-hydrogen) atoms. The number of hydrogen-bond acceptors (Lipinski definition) is 1. The average Bonchev–Trinajstić information content (AvgIpc) is 3.02. The van der Waals surface area contributed by atoms with Gasteiger partial charge in [0.1, 0.15) is 0 Å². The second kappa shape index (κ2) is 6.16. The first kappa shape index (κ1) is 13.9. The summed E-state index contributed by atoms with van der Waals surface area (Å²) >= 11 is 0. The molecular formula is C18H33N. The molecule has 3 aliphatic rings. The summed E-state index contributed by atoms with van der Waals surface area (Å²) in [5, 5.41) is 3.76. The first-order chi connectivity index (χ1) is 9.31. The van der Waals surface area contributed by atoms with Gasteiger partial charge in [0.25, 0.3) is 0 Å². The lowest BCUT2D eigenvalue weighted by Gasteiger charge is -2.41. The summed E-state index contributed by atoms with van der Waals surface area (Å²) in [6.07, 6.45) is 16.6. The minimum absolute atomic E-state index is 0.683. The predicted octanol–water partition coefficient (Wildman–Crippen LogP) is 4.76. The number of nitrogens with one attached hydrogen (secondary N) is 1. The molecular weight excluding hydrogens is 230 g/mol. The van der Waals surface area contributed by atoms with Crippen LogP contribution in [-0.4, -0.2) is 13.1 Å². The highest BCUT2D eigenvalue weighted by Gasteiger charge is 2.43. The van der Waals surface area contributed by atoms with Crippen LogP contribution in [0.2, 0.25) is 0 Å². The minimum atomic E-state index is 0.683. The maximum atomic E-state index is 3.76. The molecule has 0 amide bonds. The molecule has 0 aliphatic heterocycles. The SMILES string of the molecule is CCCNCC1(CC2CC3CCC2C3)CCCCC1. The third-order valence-electron chi connectivity index (χ3n) is 6.42. The largest absolute Gasteiger partial charge is 0.316 e. The van der Waals surface area contributed by atoms with Crippen molar-refractivity contribution >= 4 is 0 Å². The van der Waals surface area contributed by atoms with E-state index in [-0.39, 0.29) is 0 Å². The molecule has 0 aromatic heterocycles. The van der Waals surface area contributed by atoms with E-state index in [9.17, 15) is 0 Å². The molecule has 1 N–H and O–H groups in total. The van der Waals surface area contributed by atoms with Crippen LogP contribution < -0.4 is 5.32 Å². The molecule has 0 aromatic rings. The van der Waals surface area contributed by atoms with Gasteiger partial charge in [-0.25, -0.2) is 0 Å². The first-order valence-corrected chi connectivity index (χ1v) is 9.02. The minimum Gasteiger partial charge on any atom is -0.316 e. The Bertz CT molecular complexity index is 279. The standard InChI is InChI=1S/C18H33N/c1-2-10-19-14-18(8-4-3-5-9-18)13-17-12-15-6-7-16(17)11-15/h15-17,19H,2-14H2,1H3. The van der Waals surface area contributed by atoms with Gasteiger partial charge in [-0.05, 0) is 74.7 Å². The van der Waals surface area contributed by atoms with E-state index < -0.39 is 0 Å². The molecule has 110 valence electrons. The molecule has 0 aromatic carbocycles. The molecule has 3 fully saturated rings. The Morgan fingerprint density at radius 1 is 1.05 bits per heavy atom. The van der Waals surface area contributed by atoms with Crippen LogP contribution in [0.15, 0.2) is 0 Å². The number of hydrogen-bond donors (Lipinski definition) is 1. The predicted molar refractivity (Wildman–Crippen MR) is 82.2 cm³/mol. The number of fused-ring (bicyclic) bond motifs is 2. The van der Waals surface area contributed by atoms with Crippen molar-refractivity contribution in [2.45, 2.75) is 77.6 Å². The molecule has 1 heteroatoms. The van der Waals surface area contributed by atoms with E-state index in [0.29, 0.717) is 5.41 Å². The third kappa shape index (κ3) is 3.17. The van der Waals surface area contributed by atoms with Gasteiger partial charge >= 0.3 is 0 Å². The van der Waals surface area contributed by atoms with E-state index in [1.165, 1.54) is 51.6 Å². The average molecular weight is 263 g/mol. The summed E-state index contributed by atoms with van der Waals surface area (Å²) in [7, 11) is 0. The van der Waals surface area contributed by atoms with E-state index in [1.54, 1.807) is 32.1 Å². The van der Waals surface area contributed by atoms with E-state index >= 15 is 0 Å². The van der Waals surface area contributed by atoms with Crippen molar-refractivity contribution in [2.75, 3.05) is 13.1 Å². The highest BCUT2D eigenvalue weighted by Crippen LogP contribution is 2.54. The Morgan fingerprint density at radius 3 is 2.53 bits per heavy atom. The Labute approximate surface area is 119 Å². The molecule has 0 spiro atoms. The second-order valence-corrected chi connectivity index (χ2v) is 7.88. The molecule has 0 saturated heterocycles. The van der Waals surface area contributed by atoms with Crippen molar-refractivity contribution in [1.82, 2.24) is 5.32 Å². The monoisotopic (exact) mass is 263 g/mol. The molecule has 3 atom stereocenters. The van der Waals surface area contributed by atoms with Gasteiger partial charge in [0, 0.05) is 6.54 Å². The lowest BCUT2D eigenvalue weighted by Crippen LogP contribution is -2.38. The zero-order valence-corrected chi connectivity index (χ0v) is 12.9. The quantitative estimate of drug-likeness (QED) is 0.681. The van der Waals surface area contributed by atoms with Crippen LogP contribution in [0.3, 0.4) is 0 Å². The van der Waals surface area contributed by atoms with Gasteiger partial charge in [-0.15, -0.1) is 0 Å². The summed E-state index contributed by atoms with van der Waals surface area (Å²) in [5.74, 6) is 3.34. The second-order valence-electron chi connectivity index (χ2n) is 7.88. The normalized spacial score (nSPS) is 36.8. The van der Waals surface area contributed by atoms with E-state index in [2.05, 4.69) is 12.2 Å². The van der Waals surface area contributed by atoms with Crippen LogP contribution in [0.25, 0.3) is 0 Å². The highest BCUT2D eigenvalue weighted by atomic mass is 14.9. The van der Waals surface area contributed by atoms with Gasteiger partial charge in [0.15, 0.2) is 0 Å². The van der Waals surface area contributed by atoms with Crippen LogP contribution >= 0.6 is 0 Å². The van der Waals surface area contributed by atoms with Crippen LogP contribution in [0, 0.1) is 23.2 Å². The maximum Gasteiger partial charge on any atom is 0.000791 e. The van der Waals surface area contributed by atoms with Gasteiger partial charge in [-0.2, -0.15) is 0 Å². The highest BCUT2D eigenvalue weighted by molar-refractivity contribution is 4.95. The van der Waals surface area contributed by atoms with E-state index in [1.807, 2.05) is 0 Å². The summed E-state index contributed by atoms with van der Waals surface area (Å²) in [6, 6.07) is 0. The lowest BCUT2D eigenvalue weighted by molar-refractivity contribution is 0.116. The Morgan fingerprint density at radius 2 is 1.89 bits per heavy atom. The fourth-order valence-corrected chi connectivity index (χ4v) is 5.47. The van der Waals surface area contributed by atoms with Crippen molar-refractivity contribution in [3.63, 3.8) is 0 Å². The van der Waals surface area contributed by atoms with Crippen LogP contribution in [0.5, 0.6) is 0 Å². The molecule has 3 rings (SSSR count). The van der Waals surface area contributed by atoms with Crippen LogP contribution in [-0.2, 0) is 0 Å². The summed E-state index contributed by atoms with van der Waals surface area (Å²) < 4.78 is 0. The van der Waals surface area contributed by atoms with Gasteiger partial charge in [0.05, 0.1) is 0 Å². The van der Waals surface area contributed by atoms with Gasteiger partial charge in [-0.1, -0.05) is 32.6 Å². The van der Waals surface area contributed by atoms with Crippen molar-refractivity contribution in [3.8, 4) is 0 Å². The first-order valence-electron chi connectivity index (χ1n) is 9.02. The summed E-state index contributed by atoms with van der Waals surface area (Å²) in [4.78, 5) is 0. The Balaban J connectivity index is 1.58. The zero-order valence-electron chi connectivity index (χ0n) is 12.9. The van der Waals surface area contributed by atoms with E-state index in [0.717, 1.165) is 17.8 Å². The Kier molecular flexibility index (Phi) is 4.51. The topological polar surface area (TPSA) is 12.0 Å². The molecule has 1 nitrogen and oxygen atoms in total. The molecule has 0 radical (unpaired) electrons. The van der Waals surface area contributed by atoms with Gasteiger partial charge in [-0.3, -0.25) is 0 Å². The van der Waals surface area contributed by atoms with E-state index in [4.69, 9.17) is 0 Å². The van der Waals surface area contributed by atoms with Gasteiger partial charge in [0.2, 0.25) is 0 Å².